The van der Waals surface area contributed by atoms with Gasteiger partial charge in [0.2, 0.25) is 0 Å². The van der Waals surface area contributed by atoms with E-state index in [2.05, 4.69) is 0 Å². The molecule has 7 fully saturated rings. The van der Waals surface area contributed by atoms with Crippen molar-refractivity contribution >= 4 is 0 Å². The van der Waals surface area contributed by atoms with Crippen molar-refractivity contribution in [2.24, 2.45) is 0 Å². The standard InChI is InChI=1S/C86H160O50/c1-12-105-27-29-114-40-44-123-77-64(97)69(131-80-60(93)59(92)67(52(45-90)124-80)132-83-75(121-42-38-108-15-4)61(94)66(101-8)54(127-83)48-116-34-30-110-20-17-87)57(50-118-36-32-112-25-23-99-6)129-85(77)136-72-58(51-115-33-28-106-13-2)130-86(79(78(72)103-10)119-22-19-89)135-70-55(47-109-16-5)128-84(76(65(70)98)122-43-39-113-26-24-100-7)133-68-53(46-91)125-82(73(102-9)62(68)95)134-71-56(49-117-35-31-111-21-18-88)126-81(104-11)74(63(71)96)120-41-37-107-14-3/h52-98H,12-51H2,1-11H3/t52?,53?,54?,55?,56?,57?,58?,59?,60?,61?,62?,63?,64?,65?,66-,67-,68-,69-,70-,71-,72-,73?,74+,75+,76+,77+,78?,79?,80+,81-,82+,83?,84+,85?,86+/m0/s1. The Balaban J connectivity index is 1.22. The summed E-state index contributed by atoms with van der Waals surface area (Å²) >= 11 is 0. The number of hydrogen-bond acceptors (Lipinski definition) is 50. The zero-order valence-electron chi connectivity index (χ0n) is 80.4. The lowest BCUT2D eigenvalue weighted by atomic mass is 9.94. The largest absolute Gasteiger partial charge is 0.394 e. The fraction of sp³-hybridized carbons (Fsp3) is 1.00. The number of methoxy groups -OCH3 is 6. The Kier molecular flexibility index (Phi) is 62.9. The molecule has 50 heteroatoms. The molecule has 35 atom stereocenters. The lowest BCUT2D eigenvalue weighted by Gasteiger charge is -2.52. The molecule has 12 N–H and O–H groups in total. The first kappa shape index (κ1) is 121. The summed E-state index contributed by atoms with van der Waals surface area (Å²) in [5.74, 6) is 0. The van der Waals surface area contributed by atoms with Crippen LogP contribution in [-0.4, -0.2) is 583 Å². The molecule has 7 aliphatic heterocycles. The second-order valence-electron chi connectivity index (χ2n) is 31.7. The molecule has 136 heavy (non-hydrogen) atoms. The van der Waals surface area contributed by atoms with Gasteiger partial charge in [0.15, 0.2) is 44.0 Å². The summed E-state index contributed by atoms with van der Waals surface area (Å²) in [4.78, 5) is 0. The molecule has 7 rings (SSSR count). The number of rotatable bonds is 77. The maximum atomic E-state index is 13.2. The summed E-state index contributed by atoms with van der Waals surface area (Å²) in [6, 6.07) is 0. The lowest BCUT2D eigenvalue weighted by Crippen LogP contribution is -2.69. The van der Waals surface area contributed by atoms with E-state index in [0.29, 0.717) is 26.4 Å². The van der Waals surface area contributed by atoms with Crippen molar-refractivity contribution in [3.8, 4) is 0 Å². The Labute approximate surface area is 795 Å². The second-order valence-corrected chi connectivity index (χ2v) is 31.7. The maximum absolute atomic E-state index is 13.2. The number of ether oxygens (including phenoxy) is 38. The van der Waals surface area contributed by atoms with Crippen molar-refractivity contribution in [1.29, 1.82) is 0 Å². The Hall–Kier alpha value is -2.00. The highest BCUT2D eigenvalue weighted by molar-refractivity contribution is 5.03. The highest BCUT2D eigenvalue weighted by Gasteiger charge is 2.61. The van der Waals surface area contributed by atoms with E-state index in [4.69, 9.17) is 180 Å². The monoisotopic (exact) mass is 1990 g/mol. The fourth-order valence-corrected chi connectivity index (χ4v) is 16.0. The van der Waals surface area contributed by atoms with Gasteiger partial charge in [-0.1, -0.05) is 0 Å². The van der Waals surface area contributed by atoms with Gasteiger partial charge >= 0.3 is 0 Å². The van der Waals surface area contributed by atoms with Crippen molar-refractivity contribution in [3.63, 3.8) is 0 Å². The van der Waals surface area contributed by atoms with Crippen LogP contribution in [0.2, 0.25) is 0 Å². The number of aliphatic hydroxyl groups is 12. The van der Waals surface area contributed by atoms with Gasteiger partial charge in [-0.3, -0.25) is 0 Å². The molecule has 0 amide bonds. The summed E-state index contributed by atoms with van der Waals surface area (Å²) in [7, 11) is 8.30. The van der Waals surface area contributed by atoms with Crippen molar-refractivity contribution in [2.75, 3.05) is 307 Å². The highest BCUT2D eigenvalue weighted by Crippen LogP contribution is 2.41. The molecule has 7 heterocycles. The smallest absolute Gasteiger partial charge is 0.187 e. The average Bonchev–Trinajstić information content (AvgIpc) is 0.760. The minimum absolute atomic E-state index is 0.0113. The van der Waals surface area contributed by atoms with Gasteiger partial charge in [-0.05, 0) is 34.6 Å². The van der Waals surface area contributed by atoms with Crippen LogP contribution in [-0.2, 0) is 180 Å². The number of hydrogen-bond donors (Lipinski definition) is 12. The van der Waals surface area contributed by atoms with E-state index in [1.54, 1.807) is 20.8 Å². The molecule has 50 nitrogen and oxygen atoms in total. The molecule has 19 unspecified atom stereocenters. The van der Waals surface area contributed by atoms with Crippen molar-refractivity contribution in [1.82, 2.24) is 0 Å². The SMILES string of the molecule is CCOCCOCCO[C@H]1C(O[C@H]2C(COCCOCC)O[C@H](O[C@H]3C(COCC)O[C@H](O[C@H]4C(CO)O[C@H](O[C@H]5C(COCCOCCO)O[C@H](OC)[C@H](OCCOCC)C5O)C(OC)C4O)[C@H](OCCOCCOC)C3O)C(OCCO)C2OC)OC(COCCOCCOC)[C@H](O[C@H]2OC(CO)[C@H](OC3OC(COCCOCCO)[C@H](OC)C(O)[C@H]3OCCOCC)C(O)C2O)C1O. The highest BCUT2D eigenvalue weighted by atomic mass is 16.8. The minimum atomic E-state index is -2.08. The van der Waals surface area contributed by atoms with Gasteiger partial charge < -0.3 is 241 Å². The van der Waals surface area contributed by atoms with E-state index in [1.165, 1.54) is 42.7 Å². The second kappa shape index (κ2) is 70.7. The lowest BCUT2D eigenvalue weighted by molar-refractivity contribution is -0.404. The van der Waals surface area contributed by atoms with Crippen molar-refractivity contribution in [3.05, 3.63) is 0 Å². The van der Waals surface area contributed by atoms with Crippen LogP contribution in [0.5, 0.6) is 0 Å². The maximum Gasteiger partial charge on any atom is 0.187 e. The molecule has 7 saturated heterocycles. The molecule has 0 aromatic carbocycles. The van der Waals surface area contributed by atoms with Crippen molar-refractivity contribution < 1.29 is 241 Å². The molecular formula is C86H160O50. The third-order valence-electron chi connectivity index (χ3n) is 22.7. The quantitative estimate of drug-likeness (QED) is 0.0252. The van der Waals surface area contributed by atoms with Gasteiger partial charge in [-0.2, -0.15) is 0 Å². The van der Waals surface area contributed by atoms with Crippen LogP contribution in [0.25, 0.3) is 0 Å². The molecule has 0 aliphatic carbocycles. The predicted molar refractivity (Wildman–Crippen MR) is 459 cm³/mol. The molecule has 804 valence electrons. The van der Waals surface area contributed by atoms with Gasteiger partial charge in [0.25, 0.3) is 0 Å². The Morgan fingerprint density at radius 1 is 0.184 bits per heavy atom. The van der Waals surface area contributed by atoms with E-state index in [-0.39, 0.29) is 205 Å². The van der Waals surface area contributed by atoms with Crippen LogP contribution in [0.15, 0.2) is 0 Å². The van der Waals surface area contributed by atoms with Gasteiger partial charge in [0, 0.05) is 75.7 Å². The van der Waals surface area contributed by atoms with Crippen LogP contribution in [0.3, 0.4) is 0 Å². The first-order valence-corrected chi connectivity index (χ1v) is 46.9. The third kappa shape index (κ3) is 38.4. The normalized spacial score (nSPS) is 35.8. The van der Waals surface area contributed by atoms with E-state index >= 15 is 0 Å². The minimum Gasteiger partial charge on any atom is -0.394 e. The van der Waals surface area contributed by atoms with E-state index in [1.807, 2.05) is 13.8 Å². The molecule has 0 radical (unpaired) electrons. The van der Waals surface area contributed by atoms with Crippen LogP contribution in [0.1, 0.15) is 34.6 Å². The van der Waals surface area contributed by atoms with Crippen LogP contribution in [0.4, 0.5) is 0 Å². The molecule has 0 aromatic rings. The third-order valence-corrected chi connectivity index (χ3v) is 22.7. The van der Waals surface area contributed by atoms with E-state index in [9.17, 15) is 61.3 Å². The average molecular weight is 1990 g/mol. The molecule has 0 saturated carbocycles. The summed E-state index contributed by atoms with van der Waals surface area (Å²) in [5.41, 5.74) is 0. The van der Waals surface area contributed by atoms with Crippen LogP contribution in [0, 0.1) is 0 Å². The first-order valence-electron chi connectivity index (χ1n) is 46.9. The van der Waals surface area contributed by atoms with Crippen LogP contribution >= 0.6 is 0 Å². The Morgan fingerprint density at radius 3 is 0.801 bits per heavy atom. The van der Waals surface area contributed by atoms with Gasteiger partial charge in [-0.15, -0.1) is 0 Å². The summed E-state index contributed by atoms with van der Waals surface area (Å²) in [5, 5.41) is 139. The summed E-state index contributed by atoms with van der Waals surface area (Å²) in [6.07, 6.45) is -54.0. The fourth-order valence-electron chi connectivity index (χ4n) is 16.0. The summed E-state index contributed by atoms with van der Waals surface area (Å²) in [6.45, 7) is 6.97. The Morgan fingerprint density at radius 2 is 0.434 bits per heavy atom. The zero-order chi connectivity index (χ0) is 98.4. The van der Waals surface area contributed by atoms with Gasteiger partial charge in [0.1, 0.15) is 171 Å². The van der Waals surface area contributed by atoms with Gasteiger partial charge in [0.05, 0.1) is 231 Å². The molecular weight excluding hydrogens is 1830 g/mol. The van der Waals surface area contributed by atoms with Crippen LogP contribution < -0.4 is 0 Å². The topological polar surface area (TPSA) is 594 Å². The van der Waals surface area contributed by atoms with E-state index in [0.717, 1.165) is 0 Å². The van der Waals surface area contributed by atoms with Gasteiger partial charge in [-0.25, -0.2) is 0 Å². The Bertz CT molecular complexity index is 2880. The van der Waals surface area contributed by atoms with E-state index < -0.39 is 248 Å². The number of aliphatic hydroxyl groups excluding tert-OH is 12. The predicted octanol–water partition coefficient (Wildman–Crippen LogP) is -6.90. The molecule has 0 bridgehead atoms. The summed E-state index contributed by atoms with van der Waals surface area (Å²) < 4.78 is 233. The zero-order valence-corrected chi connectivity index (χ0v) is 80.4. The van der Waals surface area contributed by atoms with Crippen molar-refractivity contribution in [2.45, 2.75) is 250 Å². The first-order chi connectivity index (χ1) is 66.3. The molecule has 7 aliphatic rings. The molecule has 0 aromatic heterocycles. The molecule has 0 spiro atoms.